The van der Waals surface area contributed by atoms with Gasteiger partial charge in [0, 0.05) is 12.2 Å². The van der Waals surface area contributed by atoms with E-state index in [0.717, 1.165) is 17.3 Å². The molecule has 0 radical (unpaired) electrons. The van der Waals surface area contributed by atoms with E-state index in [1.807, 2.05) is 31.2 Å². The first kappa shape index (κ1) is 14.4. The zero-order valence-electron chi connectivity index (χ0n) is 11.3. The molecule has 1 N–H and O–H groups in total. The van der Waals surface area contributed by atoms with E-state index < -0.39 is 11.9 Å². The van der Waals surface area contributed by atoms with Crippen LogP contribution in [0.25, 0.3) is 0 Å². The van der Waals surface area contributed by atoms with Crippen LogP contribution in [0.2, 0.25) is 0 Å². The Kier molecular flexibility index (Phi) is 4.01. The van der Waals surface area contributed by atoms with Gasteiger partial charge in [0.25, 0.3) is 0 Å². The number of aryl methyl sites for hydroxylation is 2. The van der Waals surface area contributed by atoms with Gasteiger partial charge in [-0.05, 0) is 32.0 Å². The van der Waals surface area contributed by atoms with Crippen molar-refractivity contribution in [3.8, 4) is 0 Å². The SMILES string of the molecule is CCn1nc(C(F)(F)F)cc1CNc1ccc(C)cc1. The van der Waals surface area contributed by atoms with Crippen LogP contribution in [0, 0.1) is 6.92 Å². The molecule has 1 aromatic carbocycles. The molecule has 3 nitrogen and oxygen atoms in total. The van der Waals surface area contributed by atoms with E-state index >= 15 is 0 Å². The first-order valence-electron chi connectivity index (χ1n) is 6.34. The van der Waals surface area contributed by atoms with Gasteiger partial charge in [-0.1, -0.05) is 17.7 Å². The van der Waals surface area contributed by atoms with Gasteiger partial charge in [-0.2, -0.15) is 18.3 Å². The smallest absolute Gasteiger partial charge is 0.379 e. The van der Waals surface area contributed by atoms with E-state index in [-0.39, 0.29) is 0 Å². The second kappa shape index (κ2) is 5.56. The lowest BCUT2D eigenvalue weighted by Gasteiger charge is -2.08. The van der Waals surface area contributed by atoms with Crippen molar-refractivity contribution in [2.45, 2.75) is 33.1 Å². The molecule has 0 aliphatic rings. The summed E-state index contributed by atoms with van der Waals surface area (Å²) in [6.07, 6.45) is -4.40. The van der Waals surface area contributed by atoms with E-state index in [0.29, 0.717) is 18.8 Å². The van der Waals surface area contributed by atoms with E-state index in [1.165, 1.54) is 4.68 Å². The molecule has 0 atom stereocenters. The van der Waals surface area contributed by atoms with Crippen LogP contribution in [-0.4, -0.2) is 9.78 Å². The number of nitrogens with zero attached hydrogens (tertiary/aromatic N) is 2. The van der Waals surface area contributed by atoms with E-state index in [4.69, 9.17) is 0 Å². The topological polar surface area (TPSA) is 29.9 Å². The number of benzene rings is 1. The third-order valence-corrected chi connectivity index (χ3v) is 2.98. The molecule has 0 spiro atoms. The third kappa shape index (κ3) is 3.31. The van der Waals surface area contributed by atoms with Gasteiger partial charge >= 0.3 is 6.18 Å². The standard InChI is InChI=1S/C14H16F3N3/c1-3-20-12(8-13(19-20)14(15,16)17)9-18-11-6-4-10(2)5-7-11/h4-8,18H,3,9H2,1-2H3. The van der Waals surface area contributed by atoms with Gasteiger partial charge in [-0.3, -0.25) is 4.68 Å². The molecule has 1 heterocycles. The van der Waals surface area contributed by atoms with Crippen LogP contribution < -0.4 is 5.32 Å². The van der Waals surface area contributed by atoms with Crippen LogP contribution in [0.1, 0.15) is 23.9 Å². The second-order valence-corrected chi connectivity index (χ2v) is 4.55. The number of halogens is 3. The van der Waals surface area contributed by atoms with Crippen LogP contribution >= 0.6 is 0 Å². The number of alkyl halides is 3. The summed E-state index contributed by atoms with van der Waals surface area (Å²) in [5.74, 6) is 0. The number of rotatable bonds is 4. The minimum absolute atomic E-state index is 0.306. The maximum absolute atomic E-state index is 12.6. The molecular formula is C14H16F3N3. The predicted octanol–water partition coefficient (Wildman–Crippen LogP) is 3.84. The van der Waals surface area contributed by atoms with Gasteiger partial charge in [-0.25, -0.2) is 0 Å². The number of nitrogens with one attached hydrogen (secondary N) is 1. The molecule has 0 amide bonds. The summed E-state index contributed by atoms with van der Waals surface area (Å²) in [4.78, 5) is 0. The molecule has 0 unspecified atom stereocenters. The predicted molar refractivity (Wildman–Crippen MR) is 71.4 cm³/mol. The quantitative estimate of drug-likeness (QED) is 0.923. The van der Waals surface area contributed by atoms with Gasteiger partial charge in [0.15, 0.2) is 5.69 Å². The van der Waals surface area contributed by atoms with Gasteiger partial charge in [0.1, 0.15) is 0 Å². The van der Waals surface area contributed by atoms with Crippen LogP contribution in [0.5, 0.6) is 0 Å². The first-order valence-corrected chi connectivity index (χ1v) is 6.34. The van der Waals surface area contributed by atoms with Crippen molar-refractivity contribution in [2.24, 2.45) is 0 Å². The Morgan fingerprint density at radius 1 is 1.20 bits per heavy atom. The molecule has 0 bridgehead atoms. The van der Waals surface area contributed by atoms with Crippen LogP contribution in [0.15, 0.2) is 30.3 Å². The van der Waals surface area contributed by atoms with Crippen molar-refractivity contribution < 1.29 is 13.2 Å². The summed E-state index contributed by atoms with van der Waals surface area (Å²) in [5.41, 5.74) is 1.67. The fraction of sp³-hybridized carbons (Fsp3) is 0.357. The molecule has 0 saturated heterocycles. The van der Waals surface area contributed by atoms with Gasteiger partial charge in [0.2, 0.25) is 0 Å². The molecule has 0 aliphatic carbocycles. The van der Waals surface area contributed by atoms with Crippen molar-refractivity contribution in [1.29, 1.82) is 0 Å². The maximum Gasteiger partial charge on any atom is 0.435 e. The number of hydrogen-bond donors (Lipinski definition) is 1. The number of aromatic nitrogens is 2. The van der Waals surface area contributed by atoms with Crippen molar-refractivity contribution >= 4 is 5.69 Å². The third-order valence-electron chi connectivity index (χ3n) is 2.98. The maximum atomic E-state index is 12.6. The van der Waals surface area contributed by atoms with Crippen molar-refractivity contribution in [3.63, 3.8) is 0 Å². The number of anilines is 1. The highest BCUT2D eigenvalue weighted by Gasteiger charge is 2.34. The Labute approximate surface area is 115 Å². The Hall–Kier alpha value is -1.98. The minimum atomic E-state index is -4.40. The van der Waals surface area contributed by atoms with Crippen LogP contribution in [-0.2, 0) is 19.3 Å². The minimum Gasteiger partial charge on any atom is -0.379 e. The Morgan fingerprint density at radius 2 is 1.85 bits per heavy atom. The summed E-state index contributed by atoms with van der Waals surface area (Å²) >= 11 is 0. The summed E-state index contributed by atoms with van der Waals surface area (Å²) in [6.45, 7) is 4.45. The van der Waals surface area contributed by atoms with Crippen LogP contribution in [0.4, 0.5) is 18.9 Å². The molecule has 20 heavy (non-hydrogen) atoms. The molecule has 2 rings (SSSR count). The molecule has 6 heteroatoms. The zero-order chi connectivity index (χ0) is 14.8. The lowest BCUT2D eigenvalue weighted by Crippen LogP contribution is -2.09. The molecule has 108 valence electrons. The van der Waals surface area contributed by atoms with Gasteiger partial charge in [0.05, 0.1) is 12.2 Å². The number of hydrogen-bond acceptors (Lipinski definition) is 2. The van der Waals surface area contributed by atoms with Crippen LogP contribution in [0.3, 0.4) is 0 Å². The summed E-state index contributed by atoms with van der Waals surface area (Å²) in [5, 5.41) is 6.68. The van der Waals surface area contributed by atoms with Crippen molar-refractivity contribution in [3.05, 3.63) is 47.3 Å². The summed E-state index contributed by atoms with van der Waals surface area (Å²) in [6, 6.07) is 8.77. The molecule has 0 saturated carbocycles. The Balaban J connectivity index is 2.12. The fourth-order valence-electron chi connectivity index (χ4n) is 1.87. The highest BCUT2D eigenvalue weighted by Crippen LogP contribution is 2.28. The van der Waals surface area contributed by atoms with Crippen molar-refractivity contribution in [1.82, 2.24) is 9.78 Å². The molecular weight excluding hydrogens is 267 g/mol. The molecule has 2 aromatic rings. The average Bonchev–Trinajstić information content (AvgIpc) is 2.81. The lowest BCUT2D eigenvalue weighted by molar-refractivity contribution is -0.141. The van der Waals surface area contributed by atoms with E-state index in [9.17, 15) is 13.2 Å². The summed E-state index contributed by atoms with van der Waals surface area (Å²) in [7, 11) is 0. The molecule has 0 fully saturated rings. The lowest BCUT2D eigenvalue weighted by atomic mass is 10.2. The highest BCUT2D eigenvalue weighted by molar-refractivity contribution is 5.44. The second-order valence-electron chi connectivity index (χ2n) is 4.55. The monoisotopic (exact) mass is 283 g/mol. The van der Waals surface area contributed by atoms with Gasteiger partial charge < -0.3 is 5.32 Å². The van der Waals surface area contributed by atoms with E-state index in [2.05, 4.69) is 10.4 Å². The average molecular weight is 283 g/mol. The largest absolute Gasteiger partial charge is 0.435 e. The fourth-order valence-corrected chi connectivity index (χ4v) is 1.87. The first-order chi connectivity index (χ1) is 9.40. The molecule has 1 aromatic heterocycles. The normalized spacial score (nSPS) is 11.7. The van der Waals surface area contributed by atoms with Gasteiger partial charge in [-0.15, -0.1) is 0 Å². The molecule has 0 aliphatic heterocycles. The van der Waals surface area contributed by atoms with E-state index in [1.54, 1.807) is 6.92 Å². The Morgan fingerprint density at radius 3 is 2.40 bits per heavy atom. The highest BCUT2D eigenvalue weighted by atomic mass is 19.4. The van der Waals surface area contributed by atoms with Crippen molar-refractivity contribution in [2.75, 3.05) is 5.32 Å². The summed E-state index contributed by atoms with van der Waals surface area (Å²) < 4.78 is 39.3. The Bertz CT molecular complexity index is 570. The zero-order valence-corrected chi connectivity index (χ0v) is 11.3.